The molecule has 3 N–H and O–H groups in total. The zero-order chi connectivity index (χ0) is 12.4. The molecule has 5 nitrogen and oxygen atoms in total. The minimum absolute atomic E-state index is 0.0848. The summed E-state index contributed by atoms with van der Waals surface area (Å²) < 4.78 is 0. The van der Waals surface area contributed by atoms with Gasteiger partial charge in [0.25, 0.3) is 5.91 Å². The molecule has 2 rings (SSSR count). The topological polar surface area (TPSA) is 78.0 Å². The lowest BCUT2D eigenvalue weighted by atomic mass is 10.3. The van der Waals surface area contributed by atoms with E-state index in [4.69, 9.17) is 23.2 Å². The van der Waals surface area contributed by atoms with E-state index >= 15 is 0 Å². The minimum atomic E-state index is -0.509. The molecule has 0 aliphatic heterocycles. The lowest BCUT2D eigenvalue weighted by Gasteiger charge is -2.06. The summed E-state index contributed by atoms with van der Waals surface area (Å²) in [4.78, 5) is 11.7. The molecular formula is C10H7Cl2N3O2. The zero-order valence-electron chi connectivity index (χ0n) is 8.37. The summed E-state index contributed by atoms with van der Waals surface area (Å²) in [6.07, 6.45) is 1.31. The van der Waals surface area contributed by atoms with Crippen molar-refractivity contribution in [1.29, 1.82) is 0 Å². The van der Waals surface area contributed by atoms with Gasteiger partial charge >= 0.3 is 0 Å². The van der Waals surface area contributed by atoms with Gasteiger partial charge in [0.15, 0.2) is 0 Å². The van der Waals surface area contributed by atoms with Crippen molar-refractivity contribution < 1.29 is 9.90 Å². The molecule has 88 valence electrons. The molecule has 0 unspecified atom stereocenters. The summed E-state index contributed by atoms with van der Waals surface area (Å²) in [5.74, 6) is -0.594. The fraction of sp³-hybridized carbons (Fsp3) is 0. The molecule has 0 aliphatic rings. The van der Waals surface area contributed by atoms with Crippen LogP contribution in [0.5, 0.6) is 5.75 Å². The van der Waals surface area contributed by atoms with E-state index in [2.05, 4.69) is 15.5 Å². The van der Waals surface area contributed by atoms with Gasteiger partial charge in [0.05, 0.1) is 16.9 Å². The van der Waals surface area contributed by atoms with Crippen LogP contribution < -0.4 is 5.32 Å². The predicted molar refractivity (Wildman–Crippen MR) is 64.7 cm³/mol. The number of aromatic hydroxyl groups is 1. The molecule has 0 saturated heterocycles. The van der Waals surface area contributed by atoms with Gasteiger partial charge in [0.2, 0.25) is 0 Å². The third kappa shape index (κ3) is 2.51. The number of rotatable bonds is 2. The number of halogens is 2. The highest BCUT2D eigenvalue weighted by atomic mass is 35.5. The molecule has 0 saturated carbocycles. The summed E-state index contributed by atoms with van der Waals surface area (Å²) in [5, 5.41) is 18.6. The van der Waals surface area contributed by atoms with Crippen LogP contribution >= 0.6 is 23.2 Å². The number of anilines is 1. The quantitative estimate of drug-likeness (QED) is 0.735. The van der Waals surface area contributed by atoms with Gasteiger partial charge in [-0.2, -0.15) is 5.10 Å². The van der Waals surface area contributed by atoms with Gasteiger partial charge in [-0.05, 0) is 18.2 Å². The number of carbonyl (C=O) groups is 1. The number of H-pyrrole nitrogens is 1. The third-order valence-electron chi connectivity index (χ3n) is 2.03. The summed E-state index contributed by atoms with van der Waals surface area (Å²) in [7, 11) is 0. The first-order chi connectivity index (χ1) is 8.08. The number of phenols is 1. The van der Waals surface area contributed by atoms with E-state index in [0.29, 0.717) is 5.02 Å². The van der Waals surface area contributed by atoms with E-state index in [1.807, 2.05) is 0 Å². The molecule has 0 radical (unpaired) electrons. The van der Waals surface area contributed by atoms with Crippen LogP contribution in [0.1, 0.15) is 10.5 Å². The number of phenolic OH excluding ortho intramolecular Hbond substituents is 1. The first-order valence-electron chi connectivity index (χ1n) is 4.56. The van der Waals surface area contributed by atoms with Crippen molar-refractivity contribution in [2.45, 2.75) is 0 Å². The number of amides is 1. The molecule has 0 aliphatic carbocycles. The van der Waals surface area contributed by atoms with Crippen LogP contribution in [-0.4, -0.2) is 21.2 Å². The number of aromatic amines is 1. The maximum Gasteiger partial charge on any atom is 0.275 e. The Balaban J connectivity index is 2.24. The van der Waals surface area contributed by atoms with Gasteiger partial charge in [0, 0.05) is 5.02 Å². The Morgan fingerprint density at radius 2 is 2.18 bits per heavy atom. The van der Waals surface area contributed by atoms with Crippen LogP contribution in [0.2, 0.25) is 10.0 Å². The van der Waals surface area contributed by atoms with Crippen molar-refractivity contribution in [3.63, 3.8) is 0 Å². The zero-order valence-corrected chi connectivity index (χ0v) is 9.88. The molecule has 0 atom stereocenters. The van der Waals surface area contributed by atoms with Crippen LogP contribution in [0, 0.1) is 0 Å². The largest absolute Gasteiger partial charge is 0.506 e. The van der Waals surface area contributed by atoms with Gasteiger partial charge in [-0.3, -0.25) is 9.89 Å². The molecule has 0 bridgehead atoms. The molecule has 1 heterocycles. The average Bonchev–Trinajstić information content (AvgIpc) is 2.70. The number of hydrogen-bond acceptors (Lipinski definition) is 3. The van der Waals surface area contributed by atoms with Gasteiger partial charge in [0.1, 0.15) is 11.4 Å². The lowest BCUT2D eigenvalue weighted by Crippen LogP contribution is -2.13. The highest BCUT2D eigenvalue weighted by Gasteiger charge is 2.14. The Bertz CT molecular complexity index is 568. The van der Waals surface area contributed by atoms with E-state index in [1.165, 1.54) is 24.4 Å². The van der Waals surface area contributed by atoms with Crippen LogP contribution in [0.4, 0.5) is 5.69 Å². The van der Waals surface area contributed by atoms with Crippen LogP contribution in [0.15, 0.2) is 24.4 Å². The molecule has 17 heavy (non-hydrogen) atoms. The molecule has 1 aromatic heterocycles. The number of benzene rings is 1. The Hall–Kier alpha value is -1.72. The predicted octanol–water partition coefficient (Wildman–Crippen LogP) is 2.67. The Morgan fingerprint density at radius 1 is 1.41 bits per heavy atom. The Morgan fingerprint density at radius 3 is 2.82 bits per heavy atom. The van der Waals surface area contributed by atoms with E-state index in [0.717, 1.165) is 0 Å². The summed E-state index contributed by atoms with van der Waals surface area (Å²) in [6, 6.07) is 4.32. The standard InChI is InChI=1S/C10H7Cl2N3O2/c11-5-1-2-8(16)7(3-5)14-10(17)9-6(12)4-13-15-9/h1-4,16H,(H,13,15)(H,14,17). The third-order valence-corrected chi connectivity index (χ3v) is 2.55. The number of carbonyl (C=O) groups excluding carboxylic acids is 1. The second-order valence-electron chi connectivity index (χ2n) is 3.21. The Labute approximate surface area is 106 Å². The second kappa shape index (κ2) is 4.65. The van der Waals surface area contributed by atoms with Crippen molar-refractivity contribution in [1.82, 2.24) is 10.2 Å². The first kappa shape index (κ1) is 11.8. The van der Waals surface area contributed by atoms with Gasteiger partial charge < -0.3 is 10.4 Å². The average molecular weight is 272 g/mol. The SMILES string of the molecule is O=C(Nc1cc(Cl)ccc1O)c1[nH]ncc1Cl. The maximum atomic E-state index is 11.7. The van der Waals surface area contributed by atoms with Crippen molar-refractivity contribution in [2.75, 3.05) is 5.32 Å². The number of nitrogens with zero attached hydrogens (tertiary/aromatic N) is 1. The lowest BCUT2D eigenvalue weighted by molar-refractivity contribution is 0.102. The molecule has 7 heteroatoms. The van der Waals surface area contributed by atoms with E-state index in [-0.39, 0.29) is 22.2 Å². The van der Waals surface area contributed by atoms with Crippen LogP contribution in [0.3, 0.4) is 0 Å². The van der Waals surface area contributed by atoms with Crippen molar-refractivity contribution in [3.8, 4) is 5.75 Å². The van der Waals surface area contributed by atoms with Gasteiger partial charge in [-0.25, -0.2) is 0 Å². The number of hydrogen-bond donors (Lipinski definition) is 3. The fourth-order valence-electron chi connectivity index (χ4n) is 1.22. The summed E-state index contributed by atoms with van der Waals surface area (Å²) in [5.41, 5.74) is 0.319. The highest BCUT2D eigenvalue weighted by molar-refractivity contribution is 6.34. The van der Waals surface area contributed by atoms with Gasteiger partial charge in [-0.15, -0.1) is 0 Å². The number of aromatic nitrogens is 2. The smallest absolute Gasteiger partial charge is 0.275 e. The maximum absolute atomic E-state index is 11.7. The number of nitrogens with one attached hydrogen (secondary N) is 2. The fourth-order valence-corrected chi connectivity index (χ4v) is 1.57. The van der Waals surface area contributed by atoms with E-state index in [9.17, 15) is 9.90 Å². The van der Waals surface area contributed by atoms with Gasteiger partial charge in [-0.1, -0.05) is 23.2 Å². The molecule has 1 aromatic carbocycles. The minimum Gasteiger partial charge on any atom is -0.506 e. The normalized spacial score (nSPS) is 10.2. The molecular weight excluding hydrogens is 265 g/mol. The summed E-state index contributed by atoms with van der Waals surface area (Å²) >= 11 is 11.5. The summed E-state index contributed by atoms with van der Waals surface area (Å²) in [6.45, 7) is 0. The van der Waals surface area contributed by atoms with Crippen molar-refractivity contribution >= 4 is 34.8 Å². The van der Waals surface area contributed by atoms with E-state index < -0.39 is 5.91 Å². The highest BCUT2D eigenvalue weighted by Crippen LogP contribution is 2.27. The Kier molecular flexibility index (Phi) is 3.21. The molecule has 2 aromatic rings. The second-order valence-corrected chi connectivity index (χ2v) is 4.05. The first-order valence-corrected chi connectivity index (χ1v) is 5.32. The van der Waals surface area contributed by atoms with Crippen LogP contribution in [-0.2, 0) is 0 Å². The van der Waals surface area contributed by atoms with E-state index in [1.54, 1.807) is 0 Å². The monoisotopic (exact) mass is 271 g/mol. The molecule has 0 spiro atoms. The van der Waals surface area contributed by atoms with Crippen molar-refractivity contribution in [2.24, 2.45) is 0 Å². The van der Waals surface area contributed by atoms with Crippen LogP contribution in [0.25, 0.3) is 0 Å². The molecule has 0 fully saturated rings. The van der Waals surface area contributed by atoms with Crippen molar-refractivity contribution in [3.05, 3.63) is 40.1 Å². The molecule has 1 amide bonds.